The van der Waals surface area contributed by atoms with Crippen LogP contribution >= 0.6 is 15.9 Å². The summed E-state index contributed by atoms with van der Waals surface area (Å²) in [4.78, 5) is 13.8. The second kappa shape index (κ2) is 6.13. The summed E-state index contributed by atoms with van der Waals surface area (Å²) in [5.41, 5.74) is 3.03. The van der Waals surface area contributed by atoms with Gasteiger partial charge >= 0.3 is 0 Å². The predicted octanol–water partition coefficient (Wildman–Crippen LogP) is 3.86. The van der Waals surface area contributed by atoms with Gasteiger partial charge in [-0.05, 0) is 37.4 Å². The van der Waals surface area contributed by atoms with E-state index in [-0.39, 0.29) is 5.78 Å². The molecule has 0 aromatic heterocycles. The summed E-state index contributed by atoms with van der Waals surface area (Å²) in [6.07, 6.45) is 0. The van der Waals surface area contributed by atoms with Gasteiger partial charge in [-0.3, -0.25) is 4.79 Å². The van der Waals surface area contributed by atoms with Gasteiger partial charge in [0, 0.05) is 10.0 Å². The number of Topliss-reactive ketones (excluding diaryl/α,β-unsaturated/α-hetero) is 1. The second-order valence-electron chi connectivity index (χ2n) is 4.75. The van der Waals surface area contributed by atoms with E-state index in [0.29, 0.717) is 6.54 Å². The van der Waals surface area contributed by atoms with Crippen LogP contribution in [0.4, 0.5) is 0 Å². The summed E-state index contributed by atoms with van der Waals surface area (Å²) < 4.78 is 1.06. The summed E-state index contributed by atoms with van der Waals surface area (Å²) in [7, 11) is 3.79. The van der Waals surface area contributed by atoms with Gasteiger partial charge in [0.25, 0.3) is 0 Å². The lowest BCUT2D eigenvalue weighted by molar-refractivity contribution is 0.0958. The number of rotatable bonds is 4. The maximum atomic E-state index is 11.9. The highest BCUT2D eigenvalue weighted by atomic mass is 79.9. The Bertz CT molecular complexity index is 558. The fourth-order valence-corrected chi connectivity index (χ4v) is 2.13. The molecule has 0 heterocycles. The van der Waals surface area contributed by atoms with E-state index in [1.807, 2.05) is 55.4 Å². The summed E-state index contributed by atoms with van der Waals surface area (Å²) in [6, 6.07) is 15.9. The van der Waals surface area contributed by atoms with Crippen LogP contribution in [-0.2, 0) is 0 Å². The van der Waals surface area contributed by atoms with Crippen LogP contribution in [0.1, 0.15) is 10.4 Å². The lowest BCUT2D eigenvalue weighted by Gasteiger charge is -2.09. The number of nitrogens with zero attached hydrogens (tertiary/aromatic N) is 1. The fourth-order valence-electron chi connectivity index (χ4n) is 1.87. The summed E-state index contributed by atoms with van der Waals surface area (Å²) >= 11 is 3.42. The van der Waals surface area contributed by atoms with Gasteiger partial charge in [-0.25, -0.2) is 0 Å². The number of benzene rings is 2. The summed E-state index contributed by atoms with van der Waals surface area (Å²) in [5.74, 6) is 0.146. The molecule has 98 valence electrons. The van der Waals surface area contributed by atoms with Gasteiger partial charge in [-0.1, -0.05) is 52.3 Å². The Kier molecular flexibility index (Phi) is 4.51. The van der Waals surface area contributed by atoms with E-state index in [1.165, 1.54) is 0 Å². The molecule has 0 aliphatic carbocycles. The third-order valence-corrected chi connectivity index (χ3v) is 3.37. The summed E-state index contributed by atoms with van der Waals surface area (Å²) in [5, 5.41) is 0. The molecule has 0 atom stereocenters. The zero-order valence-corrected chi connectivity index (χ0v) is 12.6. The fraction of sp³-hybridized carbons (Fsp3) is 0.188. The van der Waals surface area contributed by atoms with Crippen molar-refractivity contribution in [3.63, 3.8) is 0 Å². The van der Waals surface area contributed by atoms with Crippen molar-refractivity contribution in [1.82, 2.24) is 4.90 Å². The van der Waals surface area contributed by atoms with Crippen LogP contribution in [-0.4, -0.2) is 31.3 Å². The average molecular weight is 318 g/mol. The topological polar surface area (TPSA) is 20.3 Å². The van der Waals surface area contributed by atoms with Crippen LogP contribution in [0.15, 0.2) is 53.0 Å². The van der Waals surface area contributed by atoms with Gasteiger partial charge in [0.2, 0.25) is 0 Å². The van der Waals surface area contributed by atoms with Crippen molar-refractivity contribution in [2.75, 3.05) is 20.6 Å². The van der Waals surface area contributed by atoms with Crippen LogP contribution < -0.4 is 0 Å². The first-order valence-electron chi connectivity index (χ1n) is 6.10. The van der Waals surface area contributed by atoms with Gasteiger partial charge in [-0.2, -0.15) is 0 Å². The van der Waals surface area contributed by atoms with Crippen LogP contribution in [0, 0.1) is 0 Å². The molecule has 0 bridgehead atoms. The maximum Gasteiger partial charge on any atom is 0.176 e. The number of hydrogen-bond donors (Lipinski definition) is 0. The normalized spacial score (nSPS) is 10.7. The molecule has 2 aromatic carbocycles. The Morgan fingerprint density at radius 3 is 1.89 bits per heavy atom. The van der Waals surface area contributed by atoms with E-state index in [4.69, 9.17) is 0 Å². The Morgan fingerprint density at radius 2 is 1.42 bits per heavy atom. The molecule has 2 rings (SSSR count). The molecule has 2 nitrogen and oxygen atoms in total. The molecule has 0 N–H and O–H groups in total. The molecule has 19 heavy (non-hydrogen) atoms. The highest BCUT2D eigenvalue weighted by molar-refractivity contribution is 9.10. The molecule has 2 aromatic rings. The largest absolute Gasteiger partial charge is 0.302 e. The van der Waals surface area contributed by atoms with Gasteiger partial charge in [-0.15, -0.1) is 0 Å². The molecule has 0 saturated carbocycles. The van der Waals surface area contributed by atoms with E-state index in [2.05, 4.69) is 28.1 Å². The maximum absolute atomic E-state index is 11.9. The first-order chi connectivity index (χ1) is 9.06. The number of hydrogen-bond acceptors (Lipinski definition) is 2. The minimum absolute atomic E-state index is 0.146. The van der Waals surface area contributed by atoms with E-state index in [1.54, 1.807) is 0 Å². The molecular weight excluding hydrogens is 302 g/mol. The van der Waals surface area contributed by atoms with Crippen molar-refractivity contribution in [1.29, 1.82) is 0 Å². The third-order valence-electron chi connectivity index (χ3n) is 2.84. The van der Waals surface area contributed by atoms with E-state index in [0.717, 1.165) is 21.2 Å². The van der Waals surface area contributed by atoms with Crippen molar-refractivity contribution >= 4 is 21.7 Å². The number of ketones is 1. The molecule has 0 aliphatic rings. The van der Waals surface area contributed by atoms with Gasteiger partial charge in [0.05, 0.1) is 6.54 Å². The molecule has 0 aliphatic heterocycles. The minimum atomic E-state index is 0.146. The summed E-state index contributed by atoms with van der Waals surface area (Å²) in [6.45, 7) is 0.442. The van der Waals surface area contributed by atoms with Crippen LogP contribution in [0.2, 0.25) is 0 Å². The molecule has 0 saturated heterocycles. The van der Waals surface area contributed by atoms with Crippen LogP contribution in [0.25, 0.3) is 11.1 Å². The third kappa shape index (κ3) is 3.75. The minimum Gasteiger partial charge on any atom is -0.302 e. The van der Waals surface area contributed by atoms with Gasteiger partial charge in [0.15, 0.2) is 5.78 Å². The van der Waals surface area contributed by atoms with E-state index < -0.39 is 0 Å². The van der Waals surface area contributed by atoms with Crippen molar-refractivity contribution in [2.45, 2.75) is 0 Å². The van der Waals surface area contributed by atoms with Crippen LogP contribution in [0.5, 0.6) is 0 Å². The Labute approximate surface area is 122 Å². The molecule has 0 spiro atoms. The van der Waals surface area contributed by atoms with Gasteiger partial charge in [0.1, 0.15) is 0 Å². The molecule has 0 radical (unpaired) electrons. The standard InChI is InChI=1S/C16H16BrNO/c1-18(2)11-16(19)14-5-3-12(4-6-14)13-7-9-15(17)10-8-13/h3-10H,11H2,1-2H3. The van der Waals surface area contributed by atoms with Crippen molar-refractivity contribution in [3.8, 4) is 11.1 Å². The predicted molar refractivity (Wildman–Crippen MR) is 82.5 cm³/mol. The lowest BCUT2D eigenvalue weighted by atomic mass is 10.0. The second-order valence-corrected chi connectivity index (χ2v) is 5.66. The van der Waals surface area contributed by atoms with Gasteiger partial charge < -0.3 is 4.90 Å². The molecule has 0 fully saturated rings. The number of carbonyl (C=O) groups excluding carboxylic acids is 1. The zero-order valence-electron chi connectivity index (χ0n) is 11.1. The van der Waals surface area contributed by atoms with E-state index in [9.17, 15) is 4.79 Å². The van der Waals surface area contributed by atoms with Crippen molar-refractivity contribution in [2.24, 2.45) is 0 Å². The quantitative estimate of drug-likeness (QED) is 0.798. The molecule has 0 amide bonds. The molecule has 3 heteroatoms. The number of halogens is 1. The highest BCUT2D eigenvalue weighted by Crippen LogP contribution is 2.22. The Balaban J connectivity index is 2.18. The smallest absolute Gasteiger partial charge is 0.176 e. The first kappa shape index (κ1) is 14.0. The number of carbonyl (C=O) groups is 1. The Hall–Kier alpha value is -1.45. The highest BCUT2D eigenvalue weighted by Gasteiger charge is 2.07. The van der Waals surface area contributed by atoms with E-state index >= 15 is 0 Å². The zero-order chi connectivity index (χ0) is 13.8. The SMILES string of the molecule is CN(C)CC(=O)c1ccc(-c2ccc(Br)cc2)cc1. The average Bonchev–Trinajstić information content (AvgIpc) is 2.39. The van der Waals surface area contributed by atoms with Crippen molar-refractivity contribution < 1.29 is 4.79 Å². The monoisotopic (exact) mass is 317 g/mol. The lowest BCUT2D eigenvalue weighted by Crippen LogP contribution is -2.21. The Morgan fingerprint density at radius 1 is 0.947 bits per heavy atom. The first-order valence-corrected chi connectivity index (χ1v) is 6.89. The van der Waals surface area contributed by atoms with Crippen LogP contribution in [0.3, 0.4) is 0 Å². The van der Waals surface area contributed by atoms with Crippen molar-refractivity contribution in [3.05, 3.63) is 58.6 Å². The number of likely N-dealkylation sites (N-methyl/N-ethyl adjacent to an activating group) is 1. The molecular formula is C16H16BrNO. The molecule has 0 unspecified atom stereocenters.